The SMILES string of the molecule is O[C@@H]1CO[C@H]2[C@@H]1OC[C@H]2Oc1nc2cc(-c3ccc(N4CCC4)cc3)c(Cl)cc2[nH]1. The maximum atomic E-state index is 9.89. The standard InChI is InChI=1S/C22H22ClN3O4/c23-15-9-17-16(8-14(15)12-2-4-13(5-3-12)26-6-1-7-26)24-22(25-17)30-19-11-29-20-18(27)10-28-21(19)20/h2-5,8-9,18-21,27H,1,6-7,10-11H2,(H,24,25)/t18-,19-,20-,21-/m1/s1. The number of fused-ring (bicyclic) bond motifs is 2. The molecular weight excluding hydrogens is 406 g/mol. The molecule has 4 atom stereocenters. The number of hydrogen-bond donors (Lipinski definition) is 2. The molecule has 0 bridgehead atoms. The zero-order chi connectivity index (χ0) is 20.2. The van der Waals surface area contributed by atoms with E-state index in [2.05, 4.69) is 39.1 Å². The summed E-state index contributed by atoms with van der Waals surface area (Å²) in [6.07, 6.45) is -0.267. The number of anilines is 1. The van der Waals surface area contributed by atoms with Crippen LogP contribution in [-0.4, -0.2) is 65.8 Å². The molecule has 0 unspecified atom stereocenters. The second-order valence-electron chi connectivity index (χ2n) is 8.10. The summed E-state index contributed by atoms with van der Waals surface area (Å²) in [5.41, 5.74) is 4.81. The molecule has 3 aliphatic rings. The molecule has 0 amide bonds. The van der Waals surface area contributed by atoms with E-state index in [1.165, 1.54) is 12.1 Å². The van der Waals surface area contributed by atoms with Crippen molar-refractivity contribution in [2.24, 2.45) is 0 Å². The predicted octanol–water partition coefficient (Wildman–Crippen LogP) is 3.00. The van der Waals surface area contributed by atoms with E-state index in [4.69, 9.17) is 25.8 Å². The van der Waals surface area contributed by atoms with Crippen molar-refractivity contribution < 1.29 is 19.3 Å². The van der Waals surface area contributed by atoms with Gasteiger partial charge in [-0.2, -0.15) is 4.98 Å². The summed E-state index contributed by atoms with van der Waals surface area (Å²) in [5, 5.41) is 10.5. The average molecular weight is 428 g/mol. The van der Waals surface area contributed by atoms with Crippen molar-refractivity contribution in [3.8, 4) is 17.1 Å². The number of nitrogens with zero attached hydrogens (tertiary/aromatic N) is 2. The van der Waals surface area contributed by atoms with Crippen LogP contribution in [0.1, 0.15) is 6.42 Å². The minimum Gasteiger partial charge on any atom is -0.456 e. The van der Waals surface area contributed by atoms with Gasteiger partial charge in [-0.05, 0) is 36.2 Å². The van der Waals surface area contributed by atoms with Crippen molar-refractivity contribution in [3.05, 3.63) is 41.4 Å². The van der Waals surface area contributed by atoms with Crippen LogP contribution in [0.5, 0.6) is 6.01 Å². The van der Waals surface area contributed by atoms with Crippen LogP contribution >= 0.6 is 11.6 Å². The van der Waals surface area contributed by atoms with Crippen LogP contribution in [0.15, 0.2) is 36.4 Å². The number of aliphatic hydroxyl groups excluding tert-OH is 1. The lowest BCUT2D eigenvalue weighted by atomic mass is 10.0. The molecule has 0 aliphatic carbocycles. The summed E-state index contributed by atoms with van der Waals surface area (Å²) >= 11 is 6.58. The van der Waals surface area contributed by atoms with Gasteiger partial charge in [-0.25, -0.2) is 0 Å². The van der Waals surface area contributed by atoms with Crippen LogP contribution in [0, 0.1) is 0 Å². The van der Waals surface area contributed by atoms with E-state index >= 15 is 0 Å². The third-order valence-electron chi connectivity index (χ3n) is 6.19. The second-order valence-corrected chi connectivity index (χ2v) is 8.51. The van der Waals surface area contributed by atoms with Crippen molar-refractivity contribution in [1.29, 1.82) is 0 Å². The molecule has 4 heterocycles. The topological polar surface area (TPSA) is 79.8 Å². The summed E-state index contributed by atoms with van der Waals surface area (Å²) in [6.45, 7) is 2.88. The number of aromatic nitrogens is 2. The molecule has 0 saturated carbocycles. The number of benzene rings is 2. The average Bonchev–Trinajstić information content (AvgIpc) is 3.38. The first-order valence-electron chi connectivity index (χ1n) is 10.3. The van der Waals surface area contributed by atoms with Crippen molar-refractivity contribution >= 4 is 28.3 Å². The highest BCUT2D eigenvalue weighted by atomic mass is 35.5. The number of halogens is 1. The lowest BCUT2D eigenvalue weighted by Gasteiger charge is -2.33. The Kier molecular flexibility index (Phi) is 4.38. The maximum Gasteiger partial charge on any atom is 0.295 e. The fourth-order valence-corrected chi connectivity index (χ4v) is 4.67. The number of H-pyrrole nitrogens is 1. The van der Waals surface area contributed by atoms with E-state index in [0.29, 0.717) is 17.6 Å². The summed E-state index contributed by atoms with van der Waals surface area (Å²) in [7, 11) is 0. The molecule has 3 aliphatic heterocycles. The highest BCUT2D eigenvalue weighted by Gasteiger charge is 2.48. The molecule has 3 fully saturated rings. The Morgan fingerprint density at radius 3 is 2.67 bits per heavy atom. The van der Waals surface area contributed by atoms with E-state index in [9.17, 15) is 5.11 Å². The van der Waals surface area contributed by atoms with E-state index < -0.39 is 6.10 Å². The summed E-state index contributed by atoms with van der Waals surface area (Å²) < 4.78 is 17.2. The van der Waals surface area contributed by atoms with Gasteiger partial charge in [0.05, 0.1) is 29.3 Å². The minimum atomic E-state index is -0.604. The zero-order valence-corrected chi connectivity index (χ0v) is 17.0. The molecule has 3 aromatic rings. The molecule has 30 heavy (non-hydrogen) atoms. The van der Waals surface area contributed by atoms with Gasteiger partial charge in [0, 0.05) is 24.3 Å². The number of hydrogen-bond acceptors (Lipinski definition) is 6. The Morgan fingerprint density at radius 2 is 1.90 bits per heavy atom. The fraction of sp³-hybridized carbons (Fsp3) is 0.409. The Bertz CT molecular complexity index is 1080. The lowest BCUT2D eigenvalue weighted by Crippen LogP contribution is -2.36. The smallest absolute Gasteiger partial charge is 0.295 e. The zero-order valence-electron chi connectivity index (χ0n) is 16.3. The van der Waals surface area contributed by atoms with Crippen molar-refractivity contribution in [2.45, 2.75) is 30.8 Å². The molecule has 2 N–H and O–H groups in total. The monoisotopic (exact) mass is 427 g/mol. The molecule has 7 nitrogen and oxygen atoms in total. The highest BCUT2D eigenvalue weighted by Crippen LogP contribution is 2.35. The van der Waals surface area contributed by atoms with Gasteiger partial charge in [0.25, 0.3) is 6.01 Å². The first-order chi connectivity index (χ1) is 14.7. The number of imidazole rings is 1. The number of ether oxygens (including phenoxy) is 3. The molecule has 1 aromatic heterocycles. The van der Waals surface area contributed by atoms with E-state index in [1.807, 2.05) is 12.1 Å². The summed E-state index contributed by atoms with van der Waals surface area (Å²) in [4.78, 5) is 10.1. The Balaban J connectivity index is 1.25. The number of aromatic amines is 1. The van der Waals surface area contributed by atoms with Crippen molar-refractivity contribution in [1.82, 2.24) is 9.97 Å². The quantitative estimate of drug-likeness (QED) is 0.666. The second kappa shape index (κ2) is 7.13. The third kappa shape index (κ3) is 3.04. The highest BCUT2D eigenvalue weighted by molar-refractivity contribution is 6.34. The first-order valence-corrected chi connectivity index (χ1v) is 10.7. The van der Waals surface area contributed by atoms with Gasteiger partial charge >= 0.3 is 0 Å². The van der Waals surface area contributed by atoms with Gasteiger partial charge in [0.1, 0.15) is 18.3 Å². The molecule has 2 aromatic carbocycles. The first kappa shape index (κ1) is 18.4. The van der Waals surface area contributed by atoms with Gasteiger partial charge in [-0.1, -0.05) is 23.7 Å². The Labute approximate surface area is 178 Å². The van der Waals surface area contributed by atoms with E-state index in [0.717, 1.165) is 35.2 Å². The maximum absolute atomic E-state index is 9.89. The van der Waals surface area contributed by atoms with Crippen LogP contribution < -0.4 is 9.64 Å². The molecule has 3 saturated heterocycles. The molecular formula is C22H22ClN3O4. The van der Waals surface area contributed by atoms with Crippen molar-refractivity contribution in [3.63, 3.8) is 0 Å². The van der Waals surface area contributed by atoms with Crippen LogP contribution in [0.2, 0.25) is 5.02 Å². The Morgan fingerprint density at radius 1 is 1.10 bits per heavy atom. The van der Waals surface area contributed by atoms with Crippen molar-refractivity contribution in [2.75, 3.05) is 31.2 Å². The van der Waals surface area contributed by atoms with Crippen LogP contribution in [0.4, 0.5) is 5.69 Å². The molecule has 0 radical (unpaired) electrons. The van der Waals surface area contributed by atoms with Crippen LogP contribution in [0.3, 0.4) is 0 Å². The fourth-order valence-electron chi connectivity index (χ4n) is 4.40. The molecule has 8 heteroatoms. The normalized spacial score (nSPS) is 28.0. The summed E-state index contributed by atoms with van der Waals surface area (Å²) in [5.74, 6) is 0. The van der Waals surface area contributed by atoms with Gasteiger partial charge in [0.15, 0.2) is 6.10 Å². The lowest BCUT2D eigenvalue weighted by molar-refractivity contribution is 0.00706. The van der Waals surface area contributed by atoms with Gasteiger partial charge in [-0.3, -0.25) is 0 Å². The van der Waals surface area contributed by atoms with Gasteiger partial charge < -0.3 is 29.2 Å². The molecule has 6 rings (SSSR count). The number of nitrogens with one attached hydrogen (secondary N) is 1. The van der Waals surface area contributed by atoms with Gasteiger partial charge in [-0.15, -0.1) is 0 Å². The summed E-state index contributed by atoms with van der Waals surface area (Å²) in [6, 6.07) is 12.7. The Hall–Kier alpha value is -2.32. The minimum absolute atomic E-state index is 0.269. The third-order valence-corrected chi connectivity index (χ3v) is 6.51. The van der Waals surface area contributed by atoms with Gasteiger partial charge in [0.2, 0.25) is 0 Å². The largest absolute Gasteiger partial charge is 0.456 e. The van der Waals surface area contributed by atoms with Crippen LogP contribution in [0.25, 0.3) is 22.2 Å². The predicted molar refractivity (Wildman–Crippen MR) is 113 cm³/mol. The molecule has 0 spiro atoms. The number of rotatable bonds is 4. The number of aliphatic hydroxyl groups is 1. The van der Waals surface area contributed by atoms with Crippen LogP contribution in [-0.2, 0) is 9.47 Å². The van der Waals surface area contributed by atoms with E-state index in [1.54, 1.807) is 0 Å². The molecule has 156 valence electrons. The van der Waals surface area contributed by atoms with E-state index in [-0.39, 0.29) is 24.9 Å².